The fourth-order valence-electron chi connectivity index (χ4n) is 6.39. The van der Waals surface area contributed by atoms with E-state index < -0.39 is 26.8 Å². The van der Waals surface area contributed by atoms with Gasteiger partial charge in [0.15, 0.2) is 0 Å². The number of benzene rings is 2. The Labute approximate surface area is 229 Å². The Balaban J connectivity index is 0.00000204. The van der Waals surface area contributed by atoms with Crippen molar-refractivity contribution in [2.24, 2.45) is 0 Å². The van der Waals surface area contributed by atoms with Crippen LogP contribution >= 0.6 is 0 Å². The van der Waals surface area contributed by atoms with E-state index in [0.717, 1.165) is 7.25 Å². The number of hydrogen-bond donors (Lipinski definition) is 0. The quantitative estimate of drug-likeness (QED) is 0.470. The Bertz CT molecular complexity index is 1040. The SMILES string of the molecule is CC1=Cc2c(C(C)C)ccc(C)c2[CH]1[Zr+2]([CH]1C(C)=Cc2c(C(C)C)ccc(C)c21)[SiH](C)C.[Cl-].[Cl-]. The van der Waals surface area contributed by atoms with Gasteiger partial charge in [-0.2, -0.15) is 0 Å². The topological polar surface area (TPSA) is 0 Å². The van der Waals surface area contributed by atoms with E-state index in [1.807, 2.05) is 0 Å². The summed E-state index contributed by atoms with van der Waals surface area (Å²) in [6.45, 7) is 24.4. The van der Waals surface area contributed by atoms with E-state index in [4.69, 9.17) is 0 Å². The van der Waals surface area contributed by atoms with E-state index in [0.29, 0.717) is 11.8 Å². The van der Waals surface area contributed by atoms with Crippen LogP contribution in [-0.2, 0) is 20.9 Å². The second kappa shape index (κ2) is 11.3. The Hall–Kier alpha value is -0.400. The van der Waals surface area contributed by atoms with Gasteiger partial charge in [-0.25, -0.2) is 0 Å². The summed E-state index contributed by atoms with van der Waals surface area (Å²) in [5.74, 6) is 0.374. The van der Waals surface area contributed by atoms with Gasteiger partial charge in [0.25, 0.3) is 0 Å². The number of hydrogen-bond acceptors (Lipinski definition) is 0. The second-order valence-corrected chi connectivity index (χ2v) is 31.3. The molecule has 34 heavy (non-hydrogen) atoms. The van der Waals surface area contributed by atoms with Crippen molar-refractivity contribution < 1.29 is 45.7 Å². The van der Waals surface area contributed by atoms with Crippen LogP contribution in [0.4, 0.5) is 0 Å². The molecule has 2 aromatic rings. The van der Waals surface area contributed by atoms with Gasteiger partial charge in [0, 0.05) is 0 Å². The van der Waals surface area contributed by atoms with Crippen LogP contribution in [-0.4, -0.2) is 5.92 Å². The molecule has 0 amide bonds. The standard InChI is InChI=1S/2C14H17.C2H7Si.2ClH.Zr/c2*1-9(2)12-6-5-11(4)13-7-10(3)8-14(12)13;1-3-2;;;/h2*5-9H,1-4H3;3H,1-2H3;2*1H;/q;;;;;+2/p-2. The van der Waals surface area contributed by atoms with Gasteiger partial charge in [0.05, 0.1) is 0 Å². The van der Waals surface area contributed by atoms with Crippen LogP contribution < -0.4 is 24.8 Å². The van der Waals surface area contributed by atoms with Crippen molar-refractivity contribution in [1.82, 2.24) is 0 Å². The minimum atomic E-state index is -1.93. The number of halogens is 2. The third kappa shape index (κ3) is 4.91. The zero-order valence-electron chi connectivity index (χ0n) is 22.6. The molecule has 0 saturated heterocycles. The van der Waals surface area contributed by atoms with Crippen molar-refractivity contribution in [1.29, 1.82) is 0 Å². The van der Waals surface area contributed by atoms with E-state index in [9.17, 15) is 0 Å². The predicted octanol–water partition coefficient (Wildman–Crippen LogP) is 2.78. The van der Waals surface area contributed by atoms with Gasteiger partial charge in [-0.3, -0.25) is 0 Å². The van der Waals surface area contributed by atoms with Gasteiger partial charge in [0.2, 0.25) is 0 Å². The number of rotatable bonds is 5. The smallest absolute Gasteiger partial charge is 1.00 e. The molecule has 0 nitrogen and oxygen atoms in total. The van der Waals surface area contributed by atoms with Crippen LogP contribution in [0.25, 0.3) is 12.2 Å². The summed E-state index contributed by atoms with van der Waals surface area (Å²) in [7, 11) is 0. The van der Waals surface area contributed by atoms with Crippen LogP contribution in [0.3, 0.4) is 0 Å². The molecule has 183 valence electrons. The molecule has 4 rings (SSSR count). The van der Waals surface area contributed by atoms with E-state index in [1.54, 1.807) is 44.5 Å². The first-order valence-electron chi connectivity index (χ1n) is 12.5. The normalized spacial score (nSPS) is 18.4. The number of allylic oxidation sites excluding steroid dienone is 2. The number of fused-ring (bicyclic) bond motifs is 2. The Morgan fingerprint density at radius 3 is 1.29 bits per heavy atom. The maximum absolute atomic E-state index is 2.68. The molecule has 0 radical (unpaired) electrons. The summed E-state index contributed by atoms with van der Waals surface area (Å²) in [6, 6.07) is 9.64. The third-order valence-corrected chi connectivity index (χ3v) is 29.9. The summed E-state index contributed by atoms with van der Waals surface area (Å²) < 4.78 is 1.50. The van der Waals surface area contributed by atoms with Crippen LogP contribution in [0.2, 0.25) is 13.1 Å². The van der Waals surface area contributed by atoms with Gasteiger partial charge < -0.3 is 24.8 Å². The molecule has 2 atom stereocenters. The van der Waals surface area contributed by atoms with Gasteiger partial charge >= 0.3 is 206 Å². The molecule has 2 unspecified atom stereocenters. The van der Waals surface area contributed by atoms with Crippen molar-refractivity contribution in [3.05, 3.63) is 79.9 Å². The van der Waals surface area contributed by atoms with E-state index in [2.05, 4.69) is 105 Å². The molecule has 0 spiro atoms. The van der Waals surface area contributed by atoms with Crippen molar-refractivity contribution in [3.8, 4) is 0 Å². The van der Waals surface area contributed by atoms with Crippen LogP contribution in [0.1, 0.15) is 105 Å². The summed E-state index contributed by atoms with van der Waals surface area (Å²) >= 11 is -1.93. The molecule has 0 saturated carbocycles. The second-order valence-electron chi connectivity index (χ2n) is 11.2. The molecule has 0 bridgehead atoms. The fraction of sp³-hybridized carbons (Fsp3) is 0.467. The Kier molecular flexibility index (Phi) is 9.94. The van der Waals surface area contributed by atoms with Crippen molar-refractivity contribution in [3.63, 3.8) is 0 Å². The summed E-state index contributed by atoms with van der Waals surface area (Å²) in [5.41, 5.74) is 16.1. The Morgan fingerprint density at radius 2 is 1.00 bits per heavy atom. The molecule has 2 aliphatic carbocycles. The Morgan fingerprint density at radius 1 is 0.647 bits per heavy atom. The first-order valence-corrected chi connectivity index (χ1v) is 22.5. The molecular formula is C30H41Cl2SiZr. The molecule has 2 aromatic carbocycles. The van der Waals surface area contributed by atoms with Gasteiger partial charge in [0.1, 0.15) is 0 Å². The van der Waals surface area contributed by atoms with Gasteiger partial charge in [-0.15, -0.1) is 0 Å². The summed E-state index contributed by atoms with van der Waals surface area (Å²) in [4.78, 5) is 0. The largest absolute Gasteiger partial charge is 1.00 e. The molecule has 4 heteroatoms. The first-order chi connectivity index (χ1) is 15.0. The molecule has 0 heterocycles. The van der Waals surface area contributed by atoms with E-state index in [-0.39, 0.29) is 24.8 Å². The predicted molar refractivity (Wildman–Crippen MR) is 142 cm³/mol. The monoisotopic (exact) mass is 589 g/mol. The van der Waals surface area contributed by atoms with Crippen molar-refractivity contribution in [2.75, 3.05) is 0 Å². The third-order valence-electron chi connectivity index (χ3n) is 7.89. The van der Waals surface area contributed by atoms with Gasteiger partial charge in [-0.1, -0.05) is 0 Å². The van der Waals surface area contributed by atoms with E-state index in [1.165, 1.54) is 11.1 Å². The molecule has 0 N–H and O–H groups in total. The number of aryl methyl sites for hydroxylation is 2. The first kappa shape index (κ1) is 29.8. The average Bonchev–Trinajstić information content (AvgIpc) is 3.21. The zero-order valence-corrected chi connectivity index (χ0v) is 27.7. The fourth-order valence-corrected chi connectivity index (χ4v) is 30.0. The van der Waals surface area contributed by atoms with Crippen LogP contribution in [0, 0.1) is 13.8 Å². The van der Waals surface area contributed by atoms with Crippen molar-refractivity contribution in [2.45, 2.75) is 87.6 Å². The van der Waals surface area contributed by atoms with Crippen molar-refractivity contribution >= 4 is 18.1 Å². The van der Waals surface area contributed by atoms with Gasteiger partial charge in [-0.05, 0) is 0 Å². The van der Waals surface area contributed by atoms with Crippen LogP contribution in [0.5, 0.6) is 0 Å². The van der Waals surface area contributed by atoms with E-state index >= 15 is 0 Å². The molecule has 0 aromatic heterocycles. The molecule has 0 fully saturated rings. The maximum Gasteiger partial charge on any atom is -1.00 e. The molecule has 2 aliphatic rings. The minimum absolute atomic E-state index is 0. The van der Waals surface area contributed by atoms with Crippen LogP contribution in [0.15, 0.2) is 35.4 Å². The zero-order chi connectivity index (χ0) is 23.5. The molecule has 0 aliphatic heterocycles. The summed E-state index contributed by atoms with van der Waals surface area (Å²) in [6.07, 6.45) is 5.18. The summed E-state index contributed by atoms with van der Waals surface area (Å²) in [5, 5.41) is 0. The average molecular weight is 592 g/mol. The minimum Gasteiger partial charge on any atom is -1.00 e. The molecular weight excluding hydrogens is 551 g/mol. The maximum atomic E-state index is 2.68.